The molecular weight excluding hydrogens is 337 g/mol. The predicted octanol–water partition coefficient (Wildman–Crippen LogP) is 4.27. The van der Waals surface area contributed by atoms with Gasteiger partial charge in [-0.3, -0.25) is 9.59 Å². The standard InChI is InChI=1S/C17H21Cl2NO3/c1-10-5-3-4-6-15(10)20-16(22)9-23-17-13(11(2)21)7-12(18)8-14(17)19/h7-8,10,15H,3-6,9H2,1-2H3,(H,20,22)/t10-,15-/m0/s1. The summed E-state index contributed by atoms with van der Waals surface area (Å²) in [6.07, 6.45) is 4.47. The summed E-state index contributed by atoms with van der Waals surface area (Å²) in [5.41, 5.74) is 0.279. The van der Waals surface area contributed by atoms with E-state index in [9.17, 15) is 9.59 Å². The highest BCUT2D eigenvalue weighted by atomic mass is 35.5. The molecule has 1 aromatic carbocycles. The van der Waals surface area contributed by atoms with Crippen molar-refractivity contribution in [3.63, 3.8) is 0 Å². The van der Waals surface area contributed by atoms with Crippen molar-refractivity contribution in [1.29, 1.82) is 0 Å². The number of Topliss-reactive ketones (excluding diaryl/α,β-unsaturated/α-hetero) is 1. The molecule has 6 heteroatoms. The molecule has 0 heterocycles. The molecule has 1 fully saturated rings. The molecule has 1 aliphatic carbocycles. The molecule has 23 heavy (non-hydrogen) atoms. The Balaban J connectivity index is 2.00. The zero-order chi connectivity index (χ0) is 17.0. The van der Waals surface area contributed by atoms with Crippen LogP contribution in [-0.2, 0) is 4.79 Å². The van der Waals surface area contributed by atoms with E-state index in [1.807, 2.05) is 0 Å². The fourth-order valence-electron chi connectivity index (χ4n) is 2.89. The van der Waals surface area contributed by atoms with Crippen molar-refractivity contribution in [3.05, 3.63) is 27.7 Å². The molecule has 0 radical (unpaired) electrons. The van der Waals surface area contributed by atoms with E-state index in [-0.39, 0.29) is 40.7 Å². The van der Waals surface area contributed by atoms with Crippen LogP contribution in [0.2, 0.25) is 10.0 Å². The van der Waals surface area contributed by atoms with Crippen LogP contribution in [0, 0.1) is 5.92 Å². The maximum Gasteiger partial charge on any atom is 0.258 e. The molecule has 1 aliphatic rings. The van der Waals surface area contributed by atoms with Gasteiger partial charge >= 0.3 is 0 Å². The molecule has 126 valence electrons. The Labute approximate surface area is 146 Å². The fraction of sp³-hybridized carbons (Fsp3) is 0.529. The third kappa shape index (κ3) is 4.85. The lowest BCUT2D eigenvalue weighted by molar-refractivity contribution is -0.124. The van der Waals surface area contributed by atoms with Gasteiger partial charge in [0, 0.05) is 11.1 Å². The fourth-order valence-corrected chi connectivity index (χ4v) is 3.43. The van der Waals surface area contributed by atoms with Crippen molar-refractivity contribution in [2.75, 3.05) is 6.61 Å². The van der Waals surface area contributed by atoms with Crippen molar-refractivity contribution < 1.29 is 14.3 Å². The van der Waals surface area contributed by atoms with E-state index in [2.05, 4.69) is 12.2 Å². The molecule has 1 saturated carbocycles. The molecule has 2 rings (SSSR count). The summed E-state index contributed by atoms with van der Waals surface area (Å²) in [5, 5.41) is 3.58. The zero-order valence-corrected chi connectivity index (χ0v) is 14.8. The van der Waals surface area contributed by atoms with Crippen molar-refractivity contribution in [2.45, 2.75) is 45.6 Å². The van der Waals surface area contributed by atoms with Crippen molar-refractivity contribution in [3.8, 4) is 5.75 Å². The Morgan fingerprint density at radius 3 is 2.61 bits per heavy atom. The summed E-state index contributed by atoms with van der Waals surface area (Å²) in [5.74, 6) is 0.255. The van der Waals surface area contributed by atoms with Crippen molar-refractivity contribution in [2.24, 2.45) is 5.92 Å². The number of rotatable bonds is 5. The number of hydrogen-bond acceptors (Lipinski definition) is 3. The Bertz CT molecular complexity index is 604. The third-order valence-corrected chi connectivity index (χ3v) is 4.69. The second-order valence-corrected chi connectivity index (χ2v) is 6.89. The Morgan fingerprint density at radius 2 is 1.96 bits per heavy atom. The minimum absolute atomic E-state index is 0.176. The SMILES string of the molecule is CC(=O)c1cc(Cl)cc(Cl)c1OCC(=O)N[C@H]1CCCC[C@@H]1C. The average molecular weight is 358 g/mol. The normalized spacial score (nSPS) is 20.9. The molecule has 4 nitrogen and oxygen atoms in total. The largest absolute Gasteiger partial charge is 0.481 e. The van der Waals surface area contributed by atoms with E-state index in [1.165, 1.54) is 25.5 Å². The van der Waals surface area contributed by atoms with E-state index in [1.54, 1.807) is 0 Å². The highest BCUT2D eigenvalue weighted by Crippen LogP contribution is 2.32. The Kier molecular flexibility index (Phi) is 6.31. The average Bonchev–Trinajstić information content (AvgIpc) is 2.48. The highest BCUT2D eigenvalue weighted by Gasteiger charge is 2.23. The molecular formula is C17H21Cl2NO3. The van der Waals surface area contributed by atoms with Crippen LogP contribution in [0.1, 0.15) is 49.9 Å². The van der Waals surface area contributed by atoms with Crippen LogP contribution in [-0.4, -0.2) is 24.3 Å². The summed E-state index contributed by atoms with van der Waals surface area (Å²) >= 11 is 12.0. The monoisotopic (exact) mass is 357 g/mol. The van der Waals surface area contributed by atoms with E-state index < -0.39 is 0 Å². The minimum atomic E-state index is -0.217. The van der Waals surface area contributed by atoms with Gasteiger partial charge in [-0.2, -0.15) is 0 Å². The molecule has 1 amide bonds. The van der Waals surface area contributed by atoms with Crippen molar-refractivity contribution in [1.82, 2.24) is 5.32 Å². The Morgan fingerprint density at radius 1 is 1.26 bits per heavy atom. The summed E-state index contributed by atoms with van der Waals surface area (Å²) in [4.78, 5) is 23.8. The topological polar surface area (TPSA) is 55.4 Å². The summed E-state index contributed by atoms with van der Waals surface area (Å²) in [6, 6.07) is 3.17. The number of carbonyl (C=O) groups excluding carboxylic acids is 2. The van der Waals surface area contributed by atoms with Gasteiger partial charge in [-0.15, -0.1) is 0 Å². The predicted molar refractivity (Wildman–Crippen MR) is 91.5 cm³/mol. The van der Waals surface area contributed by atoms with Crippen LogP contribution in [0.4, 0.5) is 0 Å². The molecule has 0 bridgehead atoms. The zero-order valence-electron chi connectivity index (χ0n) is 13.3. The van der Waals surface area contributed by atoms with Crippen LogP contribution in [0.25, 0.3) is 0 Å². The molecule has 0 aliphatic heterocycles. The lowest BCUT2D eigenvalue weighted by Gasteiger charge is -2.29. The molecule has 0 unspecified atom stereocenters. The second kappa shape index (κ2) is 8.02. The first-order valence-electron chi connectivity index (χ1n) is 7.80. The number of ketones is 1. The minimum Gasteiger partial charge on any atom is -0.481 e. The number of carbonyl (C=O) groups is 2. The van der Waals surface area contributed by atoms with Gasteiger partial charge in [0.15, 0.2) is 12.4 Å². The number of amides is 1. The van der Waals surface area contributed by atoms with E-state index >= 15 is 0 Å². The quantitative estimate of drug-likeness (QED) is 0.800. The molecule has 0 spiro atoms. The summed E-state index contributed by atoms with van der Waals surface area (Å²) in [7, 11) is 0. The van der Waals surface area contributed by atoms with E-state index in [0.29, 0.717) is 10.9 Å². The first kappa shape index (κ1) is 18.1. The lowest BCUT2D eigenvalue weighted by atomic mass is 9.86. The third-order valence-electron chi connectivity index (χ3n) is 4.19. The van der Waals surface area contributed by atoms with E-state index in [4.69, 9.17) is 27.9 Å². The number of benzene rings is 1. The summed E-state index contributed by atoms with van der Waals surface area (Å²) in [6.45, 7) is 3.37. The Hall–Kier alpha value is -1.26. The van der Waals surface area contributed by atoms with E-state index in [0.717, 1.165) is 19.3 Å². The molecule has 2 atom stereocenters. The maximum atomic E-state index is 12.1. The number of nitrogens with one attached hydrogen (secondary N) is 1. The second-order valence-electron chi connectivity index (χ2n) is 6.04. The van der Waals surface area contributed by atoms with Gasteiger partial charge in [0.05, 0.1) is 10.6 Å². The highest BCUT2D eigenvalue weighted by molar-refractivity contribution is 6.36. The lowest BCUT2D eigenvalue weighted by Crippen LogP contribution is -2.43. The smallest absolute Gasteiger partial charge is 0.258 e. The maximum absolute atomic E-state index is 12.1. The van der Waals surface area contributed by atoms with Gasteiger partial charge in [-0.05, 0) is 37.8 Å². The van der Waals surface area contributed by atoms with Gasteiger partial charge in [-0.25, -0.2) is 0 Å². The number of halogens is 2. The van der Waals surface area contributed by atoms with Crippen LogP contribution in [0.5, 0.6) is 5.75 Å². The first-order valence-corrected chi connectivity index (χ1v) is 8.56. The molecule has 0 aromatic heterocycles. The molecule has 1 aromatic rings. The summed E-state index contributed by atoms with van der Waals surface area (Å²) < 4.78 is 5.50. The van der Waals surface area contributed by atoms with Crippen LogP contribution in [0.15, 0.2) is 12.1 Å². The van der Waals surface area contributed by atoms with Gasteiger partial charge < -0.3 is 10.1 Å². The molecule has 1 N–H and O–H groups in total. The van der Waals surface area contributed by atoms with Gasteiger partial charge in [0.2, 0.25) is 0 Å². The first-order chi connectivity index (χ1) is 10.9. The van der Waals surface area contributed by atoms with Gasteiger partial charge in [0.1, 0.15) is 5.75 Å². The van der Waals surface area contributed by atoms with Crippen LogP contribution in [0.3, 0.4) is 0 Å². The van der Waals surface area contributed by atoms with Gasteiger partial charge in [-0.1, -0.05) is 43.0 Å². The van der Waals surface area contributed by atoms with Crippen LogP contribution >= 0.6 is 23.2 Å². The number of hydrogen-bond donors (Lipinski definition) is 1. The van der Waals surface area contributed by atoms with Crippen molar-refractivity contribution >= 4 is 34.9 Å². The number of ether oxygens (including phenoxy) is 1. The van der Waals surface area contributed by atoms with Crippen LogP contribution < -0.4 is 10.1 Å². The van der Waals surface area contributed by atoms with Gasteiger partial charge in [0.25, 0.3) is 5.91 Å². The molecule has 0 saturated heterocycles.